The summed E-state index contributed by atoms with van der Waals surface area (Å²) in [6.07, 6.45) is 15.3. The van der Waals surface area contributed by atoms with Crippen molar-refractivity contribution in [3.05, 3.63) is 175 Å². The second kappa shape index (κ2) is 13.5. The Morgan fingerprint density at radius 2 is 1.51 bits per heavy atom. The van der Waals surface area contributed by atoms with Gasteiger partial charge in [-0.1, -0.05) is 140 Å². The molecule has 0 bridgehead atoms. The van der Waals surface area contributed by atoms with Crippen LogP contribution in [0.3, 0.4) is 0 Å². The topological polar surface area (TPSA) is 47.7 Å². The molecule has 0 aliphatic rings. The highest BCUT2D eigenvalue weighted by Crippen LogP contribution is 2.31. The molecule has 4 aromatic rings. The van der Waals surface area contributed by atoms with E-state index in [1.54, 1.807) is 6.08 Å². The van der Waals surface area contributed by atoms with Gasteiger partial charge in [-0.3, -0.25) is 0 Å². The summed E-state index contributed by atoms with van der Waals surface area (Å²) in [5, 5.41) is 18.5. The summed E-state index contributed by atoms with van der Waals surface area (Å²) < 4.78 is 0. The molecule has 0 fully saturated rings. The first-order valence-electron chi connectivity index (χ1n) is 12.9. The first-order valence-corrected chi connectivity index (χ1v) is 12.9. The van der Waals surface area contributed by atoms with Gasteiger partial charge < -0.3 is 10.8 Å². The van der Waals surface area contributed by atoms with Gasteiger partial charge in [0.1, 0.15) is 0 Å². The zero-order valence-corrected chi connectivity index (χ0v) is 22.0. The summed E-state index contributed by atoms with van der Waals surface area (Å²) >= 11 is 0. The van der Waals surface area contributed by atoms with Gasteiger partial charge in [0.05, 0.1) is 5.71 Å². The Kier molecular flexibility index (Phi) is 9.31. The average Bonchev–Trinajstić information content (AvgIpc) is 2.99. The third-order valence-corrected chi connectivity index (χ3v) is 6.40. The standard InChI is InChI=1S/C37H32N2/c1-3-29(16-8-7-14-28(2)15-13-25-38)36(35-24-12-20-31-19-9-10-23-34(31)35)27-37(39)33-22-11-21-32(26-33)30-17-5-4-6-18-30/h3-13,15-27,38-39H,1-2,14H2/b8-7-,15-13-,29-16+,36-27-,38-25?,39-37?. The van der Waals surface area contributed by atoms with Crippen LogP contribution < -0.4 is 0 Å². The molecule has 0 unspecified atom stereocenters. The average molecular weight is 505 g/mol. The van der Waals surface area contributed by atoms with Crippen LogP contribution in [-0.2, 0) is 0 Å². The van der Waals surface area contributed by atoms with E-state index in [9.17, 15) is 0 Å². The molecular weight excluding hydrogens is 472 g/mol. The Hall–Kier alpha value is -5.08. The Balaban J connectivity index is 1.77. The molecule has 0 saturated heterocycles. The summed E-state index contributed by atoms with van der Waals surface area (Å²) in [4.78, 5) is 0. The monoisotopic (exact) mass is 504 g/mol. The van der Waals surface area contributed by atoms with Crippen LogP contribution in [-0.4, -0.2) is 11.9 Å². The van der Waals surface area contributed by atoms with E-state index >= 15 is 0 Å². The first kappa shape index (κ1) is 27.0. The molecule has 0 radical (unpaired) electrons. The second-order valence-electron chi connectivity index (χ2n) is 9.09. The molecule has 2 nitrogen and oxygen atoms in total. The molecule has 0 heterocycles. The third-order valence-electron chi connectivity index (χ3n) is 6.40. The normalized spacial score (nSPS) is 12.2. The number of hydrogen-bond acceptors (Lipinski definition) is 2. The van der Waals surface area contributed by atoms with Gasteiger partial charge in [0.15, 0.2) is 0 Å². The van der Waals surface area contributed by atoms with Gasteiger partial charge in [0, 0.05) is 11.8 Å². The lowest BCUT2D eigenvalue weighted by molar-refractivity contribution is 1.30. The van der Waals surface area contributed by atoms with Crippen LogP contribution in [0.25, 0.3) is 27.5 Å². The van der Waals surface area contributed by atoms with Crippen LogP contribution >= 0.6 is 0 Å². The molecule has 0 aromatic heterocycles. The fourth-order valence-corrected chi connectivity index (χ4v) is 4.41. The van der Waals surface area contributed by atoms with E-state index in [2.05, 4.69) is 67.8 Å². The number of rotatable bonds is 11. The van der Waals surface area contributed by atoms with E-state index in [1.165, 1.54) is 6.21 Å². The quantitative estimate of drug-likeness (QED) is 0.151. The highest BCUT2D eigenvalue weighted by Gasteiger charge is 2.12. The maximum Gasteiger partial charge on any atom is 0.0618 e. The lowest BCUT2D eigenvalue weighted by Gasteiger charge is -2.14. The zero-order valence-electron chi connectivity index (χ0n) is 22.0. The summed E-state index contributed by atoms with van der Waals surface area (Å²) in [7, 11) is 0. The van der Waals surface area contributed by atoms with Crippen LogP contribution in [0.15, 0.2) is 164 Å². The molecule has 0 saturated carbocycles. The van der Waals surface area contributed by atoms with Crippen molar-refractivity contribution in [1.82, 2.24) is 0 Å². The maximum absolute atomic E-state index is 9.09. The van der Waals surface area contributed by atoms with Crippen molar-refractivity contribution in [2.24, 2.45) is 0 Å². The van der Waals surface area contributed by atoms with Crippen molar-refractivity contribution < 1.29 is 0 Å². The van der Waals surface area contributed by atoms with Crippen LogP contribution in [0.2, 0.25) is 0 Å². The largest absolute Gasteiger partial charge is 0.309 e. The van der Waals surface area contributed by atoms with Gasteiger partial charge in [0.2, 0.25) is 0 Å². The Morgan fingerprint density at radius 1 is 0.795 bits per heavy atom. The summed E-state index contributed by atoms with van der Waals surface area (Å²) in [5.41, 5.74) is 7.32. The fraction of sp³-hybridized carbons (Fsp3) is 0.0270. The molecule has 4 rings (SSSR count). The Bertz CT molecular complexity index is 1620. The lowest BCUT2D eigenvalue weighted by atomic mass is 9.90. The molecule has 0 aliphatic heterocycles. The fourth-order valence-electron chi connectivity index (χ4n) is 4.41. The molecule has 190 valence electrons. The molecule has 0 spiro atoms. The zero-order chi connectivity index (χ0) is 27.5. The molecular formula is C37H32N2. The van der Waals surface area contributed by atoms with Gasteiger partial charge in [-0.15, -0.1) is 0 Å². The number of nitrogens with one attached hydrogen (secondary N) is 2. The SMILES string of the molecule is C=CC(=C\C=C/CC(=C)/C=C\C=N)/C(=C/C(=N)c1cccc(-c2ccccc2)c1)c1cccc2ccccc12. The second-order valence-corrected chi connectivity index (χ2v) is 9.09. The van der Waals surface area contributed by atoms with Crippen molar-refractivity contribution >= 4 is 28.3 Å². The van der Waals surface area contributed by atoms with Crippen LogP contribution in [0.1, 0.15) is 17.5 Å². The van der Waals surface area contributed by atoms with Gasteiger partial charge in [-0.2, -0.15) is 0 Å². The van der Waals surface area contributed by atoms with Crippen LogP contribution in [0, 0.1) is 10.8 Å². The van der Waals surface area contributed by atoms with E-state index in [0.717, 1.165) is 49.7 Å². The maximum atomic E-state index is 9.09. The van der Waals surface area contributed by atoms with Crippen molar-refractivity contribution in [2.45, 2.75) is 6.42 Å². The van der Waals surface area contributed by atoms with E-state index in [4.69, 9.17) is 10.8 Å². The Morgan fingerprint density at radius 3 is 2.31 bits per heavy atom. The van der Waals surface area contributed by atoms with Gasteiger partial charge in [0.25, 0.3) is 0 Å². The first-order chi connectivity index (χ1) is 19.1. The van der Waals surface area contributed by atoms with Gasteiger partial charge >= 0.3 is 0 Å². The van der Waals surface area contributed by atoms with Gasteiger partial charge in [-0.05, 0) is 63.2 Å². The molecule has 2 N–H and O–H groups in total. The summed E-state index contributed by atoms with van der Waals surface area (Å²) in [5.74, 6) is 0. The number of allylic oxidation sites excluding steroid dienone is 10. The predicted molar refractivity (Wildman–Crippen MR) is 170 cm³/mol. The minimum absolute atomic E-state index is 0.428. The van der Waals surface area contributed by atoms with E-state index < -0.39 is 0 Å². The highest BCUT2D eigenvalue weighted by molar-refractivity contribution is 6.14. The molecule has 0 amide bonds. The van der Waals surface area contributed by atoms with Crippen LogP contribution in [0.4, 0.5) is 0 Å². The molecule has 0 atom stereocenters. The minimum Gasteiger partial charge on any atom is -0.309 e. The van der Waals surface area contributed by atoms with E-state index in [0.29, 0.717) is 12.1 Å². The predicted octanol–water partition coefficient (Wildman–Crippen LogP) is 9.78. The molecule has 39 heavy (non-hydrogen) atoms. The van der Waals surface area contributed by atoms with Crippen LogP contribution in [0.5, 0.6) is 0 Å². The van der Waals surface area contributed by atoms with Crippen molar-refractivity contribution in [2.75, 3.05) is 0 Å². The number of fused-ring (bicyclic) bond motifs is 1. The molecule has 4 aromatic carbocycles. The van der Waals surface area contributed by atoms with Crippen molar-refractivity contribution in [3.63, 3.8) is 0 Å². The molecule has 0 aliphatic carbocycles. The van der Waals surface area contributed by atoms with Gasteiger partial charge in [-0.25, -0.2) is 0 Å². The molecule has 2 heteroatoms. The lowest BCUT2D eigenvalue weighted by Crippen LogP contribution is -1.99. The third kappa shape index (κ3) is 7.03. The highest BCUT2D eigenvalue weighted by atomic mass is 14.4. The summed E-state index contributed by atoms with van der Waals surface area (Å²) in [6, 6.07) is 32.9. The number of hydrogen-bond donors (Lipinski definition) is 2. The summed E-state index contributed by atoms with van der Waals surface area (Å²) in [6.45, 7) is 8.13. The smallest absolute Gasteiger partial charge is 0.0618 e. The Labute approximate surface area is 231 Å². The van der Waals surface area contributed by atoms with E-state index in [-0.39, 0.29) is 0 Å². The number of benzene rings is 4. The minimum atomic E-state index is 0.428. The van der Waals surface area contributed by atoms with Crippen molar-refractivity contribution in [1.29, 1.82) is 10.8 Å². The van der Waals surface area contributed by atoms with E-state index in [1.807, 2.05) is 78.9 Å². The van der Waals surface area contributed by atoms with Crippen molar-refractivity contribution in [3.8, 4) is 11.1 Å².